The molecular formula is C19H27NO2. The van der Waals surface area contributed by atoms with Crippen LogP contribution in [0.15, 0.2) is 43.0 Å². The topological polar surface area (TPSA) is 29.5 Å². The summed E-state index contributed by atoms with van der Waals surface area (Å²) in [6.45, 7) is 11.9. The first-order valence-electron chi connectivity index (χ1n) is 8.12. The number of ether oxygens (including phenoxy) is 1. The molecule has 1 fully saturated rings. The van der Waals surface area contributed by atoms with E-state index in [1.807, 2.05) is 31.2 Å². The van der Waals surface area contributed by atoms with Crippen molar-refractivity contribution in [1.82, 2.24) is 4.90 Å². The minimum absolute atomic E-state index is 0.00130. The SMILES string of the molecule is C=CC1C(C(C)=O)C(C)OC(CC)N1[C@H](C)c1ccccc1. The predicted molar refractivity (Wildman–Crippen MR) is 89.5 cm³/mol. The second-order valence-electron chi connectivity index (χ2n) is 6.10. The summed E-state index contributed by atoms with van der Waals surface area (Å²) in [5.74, 6) is 0.00340. The van der Waals surface area contributed by atoms with Gasteiger partial charge in [0.2, 0.25) is 0 Å². The van der Waals surface area contributed by atoms with Crippen molar-refractivity contribution < 1.29 is 9.53 Å². The number of rotatable bonds is 5. The summed E-state index contributed by atoms with van der Waals surface area (Å²) in [5.41, 5.74) is 1.23. The Bertz CT molecular complexity index is 513. The van der Waals surface area contributed by atoms with Crippen LogP contribution in [0.1, 0.15) is 45.7 Å². The van der Waals surface area contributed by atoms with Gasteiger partial charge in [-0.05, 0) is 32.8 Å². The monoisotopic (exact) mass is 301 g/mol. The summed E-state index contributed by atoms with van der Waals surface area (Å²) in [4.78, 5) is 14.4. The van der Waals surface area contributed by atoms with Crippen molar-refractivity contribution in [3.05, 3.63) is 48.6 Å². The van der Waals surface area contributed by atoms with Crippen LogP contribution in [-0.2, 0) is 9.53 Å². The third-order valence-electron chi connectivity index (χ3n) is 4.71. The molecule has 4 unspecified atom stereocenters. The van der Waals surface area contributed by atoms with E-state index in [0.29, 0.717) is 0 Å². The largest absolute Gasteiger partial charge is 0.359 e. The molecule has 3 heteroatoms. The van der Waals surface area contributed by atoms with Gasteiger partial charge in [-0.25, -0.2) is 0 Å². The van der Waals surface area contributed by atoms with Gasteiger partial charge in [-0.15, -0.1) is 6.58 Å². The molecule has 3 nitrogen and oxygen atoms in total. The van der Waals surface area contributed by atoms with E-state index in [9.17, 15) is 4.79 Å². The molecule has 0 saturated carbocycles. The molecule has 0 amide bonds. The number of nitrogens with zero attached hydrogens (tertiary/aromatic N) is 1. The molecule has 0 radical (unpaired) electrons. The Morgan fingerprint density at radius 2 is 2.05 bits per heavy atom. The summed E-state index contributed by atoms with van der Waals surface area (Å²) in [6, 6.07) is 10.5. The molecule has 22 heavy (non-hydrogen) atoms. The van der Waals surface area contributed by atoms with Gasteiger partial charge in [-0.2, -0.15) is 0 Å². The number of Topliss-reactive ketones (excluding diaryl/α,β-unsaturated/α-hetero) is 1. The lowest BCUT2D eigenvalue weighted by atomic mass is 9.86. The number of benzene rings is 1. The summed E-state index contributed by atoms with van der Waals surface area (Å²) in [7, 11) is 0. The number of carbonyl (C=O) groups is 1. The first-order valence-corrected chi connectivity index (χ1v) is 8.12. The van der Waals surface area contributed by atoms with Crippen molar-refractivity contribution in [3.63, 3.8) is 0 Å². The van der Waals surface area contributed by atoms with Gasteiger partial charge in [-0.1, -0.05) is 43.3 Å². The minimum Gasteiger partial charge on any atom is -0.359 e. The number of hydrogen-bond donors (Lipinski definition) is 0. The van der Waals surface area contributed by atoms with Crippen molar-refractivity contribution >= 4 is 5.78 Å². The second kappa shape index (κ2) is 7.21. The normalized spacial score (nSPS) is 30.7. The van der Waals surface area contributed by atoms with Gasteiger partial charge in [0.05, 0.1) is 12.0 Å². The Morgan fingerprint density at radius 3 is 2.55 bits per heavy atom. The summed E-state index contributed by atoms with van der Waals surface area (Å²) in [6.07, 6.45) is 2.72. The average molecular weight is 301 g/mol. The Labute approximate surface area is 134 Å². The molecule has 1 heterocycles. The first kappa shape index (κ1) is 16.9. The van der Waals surface area contributed by atoms with Gasteiger partial charge in [0.15, 0.2) is 0 Å². The number of ketones is 1. The molecule has 1 aromatic carbocycles. The molecule has 1 saturated heterocycles. The van der Waals surface area contributed by atoms with Gasteiger partial charge in [-0.3, -0.25) is 9.69 Å². The van der Waals surface area contributed by atoms with Crippen LogP contribution in [0.25, 0.3) is 0 Å². The fourth-order valence-corrected chi connectivity index (χ4v) is 3.62. The maximum Gasteiger partial charge on any atom is 0.137 e. The Hall–Kier alpha value is -1.45. The Morgan fingerprint density at radius 1 is 1.41 bits per heavy atom. The Kier molecular flexibility index (Phi) is 5.54. The van der Waals surface area contributed by atoms with Gasteiger partial charge < -0.3 is 4.74 Å². The zero-order valence-corrected chi connectivity index (χ0v) is 14.0. The third-order valence-corrected chi connectivity index (χ3v) is 4.71. The standard InChI is InChI=1S/C19H27NO2/c1-6-17-19(14(4)21)15(5)22-18(7-2)20(17)13(3)16-11-9-8-10-12-16/h6,8-13,15,17-19H,1,7H2,2-5H3/t13-,15?,17?,18?,19?/m1/s1. The highest BCUT2D eigenvalue weighted by Crippen LogP contribution is 2.36. The quantitative estimate of drug-likeness (QED) is 0.771. The fourth-order valence-electron chi connectivity index (χ4n) is 3.62. The molecule has 1 aromatic rings. The average Bonchev–Trinajstić information content (AvgIpc) is 2.53. The predicted octanol–water partition coefficient (Wildman–Crippen LogP) is 3.96. The number of hydrogen-bond acceptors (Lipinski definition) is 3. The van der Waals surface area contributed by atoms with Crippen LogP contribution in [0, 0.1) is 5.92 Å². The van der Waals surface area contributed by atoms with E-state index in [-0.39, 0.29) is 36.1 Å². The summed E-state index contributed by atoms with van der Waals surface area (Å²) >= 11 is 0. The minimum atomic E-state index is -0.161. The van der Waals surface area contributed by atoms with Crippen LogP contribution in [0.3, 0.4) is 0 Å². The molecule has 0 aromatic heterocycles. The van der Waals surface area contributed by atoms with Crippen LogP contribution in [0.2, 0.25) is 0 Å². The van der Waals surface area contributed by atoms with Crippen molar-refractivity contribution in [2.75, 3.05) is 0 Å². The fraction of sp³-hybridized carbons (Fsp3) is 0.526. The molecule has 1 aliphatic rings. The smallest absolute Gasteiger partial charge is 0.137 e. The van der Waals surface area contributed by atoms with E-state index >= 15 is 0 Å². The molecule has 1 aliphatic heterocycles. The second-order valence-corrected chi connectivity index (χ2v) is 6.10. The van der Waals surface area contributed by atoms with Crippen LogP contribution in [0.5, 0.6) is 0 Å². The van der Waals surface area contributed by atoms with Crippen molar-refractivity contribution in [2.24, 2.45) is 5.92 Å². The zero-order chi connectivity index (χ0) is 16.3. The van der Waals surface area contributed by atoms with Gasteiger partial charge in [0, 0.05) is 12.1 Å². The highest BCUT2D eigenvalue weighted by molar-refractivity contribution is 5.80. The molecule has 0 aliphatic carbocycles. The summed E-state index contributed by atoms with van der Waals surface area (Å²) < 4.78 is 6.15. The lowest BCUT2D eigenvalue weighted by Gasteiger charge is -2.50. The zero-order valence-electron chi connectivity index (χ0n) is 14.0. The lowest BCUT2D eigenvalue weighted by Crippen LogP contribution is -2.58. The van der Waals surface area contributed by atoms with E-state index in [4.69, 9.17) is 4.74 Å². The highest BCUT2D eigenvalue weighted by atomic mass is 16.5. The summed E-state index contributed by atoms with van der Waals surface area (Å²) in [5, 5.41) is 0. The van der Waals surface area contributed by atoms with E-state index in [1.165, 1.54) is 5.56 Å². The van der Waals surface area contributed by atoms with Crippen molar-refractivity contribution in [1.29, 1.82) is 0 Å². The van der Waals surface area contributed by atoms with E-state index in [1.54, 1.807) is 6.92 Å². The van der Waals surface area contributed by atoms with Gasteiger partial charge in [0.25, 0.3) is 0 Å². The molecule has 0 bridgehead atoms. The lowest BCUT2D eigenvalue weighted by molar-refractivity contribution is -0.192. The third kappa shape index (κ3) is 3.16. The molecule has 0 spiro atoms. The molecule has 2 rings (SSSR count). The van der Waals surface area contributed by atoms with Gasteiger partial charge in [0.1, 0.15) is 12.0 Å². The number of carbonyl (C=O) groups excluding carboxylic acids is 1. The molecule has 120 valence electrons. The maximum absolute atomic E-state index is 12.1. The highest BCUT2D eigenvalue weighted by Gasteiger charge is 2.44. The van der Waals surface area contributed by atoms with E-state index in [2.05, 4.69) is 37.5 Å². The van der Waals surface area contributed by atoms with E-state index in [0.717, 1.165) is 6.42 Å². The first-order chi connectivity index (χ1) is 10.5. The van der Waals surface area contributed by atoms with Crippen LogP contribution < -0.4 is 0 Å². The van der Waals surface area contributed by atoms with Gasteiger partial charge >= 0.3 is 0 Å². The molecule has 5 atom stereocenters. The maximum atomic E-state index is 12.1. The Balaban J connectivity index is 2.39. The van der Waals surface area contributed by atoms with Crippen LogP contribution >= 0.6 is 0 Å². The van der Waals surface area contributed by atoms with E-state index < -0.39 is 0 Å². The van der Waals surface area contributed by atoms with Crippen LogP contribution in [0.4, 0.5) is 0 Å². The van der Waals surface area contributed by atoms with Crippen molar-refractivity contribution in [2.45, 2.75) is 58.5 Å². The molecular weight excluding hydrogens is 274 g/mol. The van der Waals surface area contributed by atoms with Crippen LogP contribution in [-0.4, -0.2) is 29.1 Å². The van der Waals surface area contributed by atoms with Crippen molar-refractivity contribution in [3.8, 4) is 0 Å². The molecule has 0 N–H and O–H groups in total.